The molecule has 0 spiro atoms. The predicted octanol–water partition coefficient (Wildman–Crippen LogP) is 2.66. The molecule has 0 fully saturated rings. The smallest absolute Gasteiger partial charge is 0.0168 e. The Kier molecular flexibility index (Phi) is 6.86. The van der Waals surface area contributed by atoms with Crippen molar-refractivity contribution in [2.45, 2.75) is 52.1 Å². The molecule has 0 rings (SSSR count). The van der Waals surface area contributed by atoms with Crippen LogP contribution in [-0.2, 0) is 0 Å². The third kappa shape index (κ3) is 5.95. The maximum atomic E-state index is 3.84. The van der Waals surface area contributed by atoms with Crippen molar-refractivity contribution in [3.63, 3.8) is 0 Å². The Morgan fingerprint density at radius 3 is 2.40 bits per heavy atom. The van der Waals surface area contributed by atoms with E-state index < -0.39 is 0 Å². The highest BCUT2D eigenvalue weighted by molar-refractivity contribution is 4.86. The van der Waals surface area contributed by atoms with Crippen LogP contribution in [0.2, 0.25) is 0 Å². The monoisotopic (exact) mass is 212 g/mol. The molecule has 1 N–H and O–H groups in total. The van der Waals surface area contributed by atoms with Gasteiger partial charge in [-0.25, -0.2) is 0 Å². The lowest BCUT2D eigenvalue weighted by Gasteiger charge is -2.39. The summed E-state index contributed by atoms with van der Waals surface area (Å²) in [5, 5.41) is 3.19. The Morgan fingerprint density at radius 1 is 1.40 bits per heavy atom. The van der Waals surface area contributed by atoms with Crippen molar-refractivity contribution < 1.29 is 0 Å². The fraction of sp³-hybridized carbons (Fsp3) is 0.846. The minimum Gasteiger partial charge on any atom is -0.320 e. The molecule has 0 aromatic carbocycles. The molecule has 1 atom stereocenters. The van der Waals surface area contributed by atoms with Gasteiger partial charge in [-0.3, -0.25) is 4.90 Å². The number of nitrogens with one attached hydrogen (secondary N) is 1. The number of hydrogen-bond donors (Lipinski definition) is 1. The first kappa shape index (κ1) is 14.7. The SMILES string of the molecule is C=CCN(C(C)CCCNC)C(C)(C)C. The van der Waals surface area contributed by atoms with Crippen LogP contribution in [0.25, 0.3) is 0 Å². The van der Waals surface area contributed by atoms with Gasteiger partial charge in [-0.15, -0.1) is 6.58 Å². The molecule has 15 heavy (non-hydrogen) atoms. The van der Waals surface area contributed by atoms with Crippen molar-refractivity contribution in [3.8, 4) is 0 Å². The van der Waals surface area contributed by atoms with Gasteiger partial charge in [-0.05, 0) is 54.1 Å². The number of rotatable bonds is 7. The van der Waals surface area contributed by atoms with Gasteiger partial charge in [0.05, 0.1) is 0 Å². The van der Waals surface area contributed by atoms with Gasteiger partial charge >= 0.3 is 0 Å². The zero-order chi connectivity index (χ0) is 11.9. The molecule has 1 unspecified atom stereocenters. The summed E-state index contributed by atoms with van der Waals surface area (Å²) in [6, 6.07) is 0.622. The quantitative estimate of drug-likeness (QED) is 0.515. The fourth-order valence-corrected chi connectivity index (χ4v) is 1.98. The average molecular weight is 212 g/mol. The van der Waals surface area contributed by atoms with Gasteiger partial charge < -0.3 is 5.32 Å². The van der Waals surface area contributed by atoms with Gasteiger partial charge in [0.15, 0.2) is 0 Å². The van der Waals surface area contributed by atoms with E-state index in [2.05, 4.69) is 44.5 Å². The van der Waals surface area contributed by atoms with E-state index in [4.69, 9.17) is 0 Å². The van der Waals surface area contributed by atoms with Crippen molar-refractivity contribution in [3.05, 3.63) is 12.7 Å². The summed E-state index contributed by atoms with van der Waals surface area (Å²) < 4.78 is 0. The van der Waals surface area contributed by atoms with Crippen LogP contribution in [0.3, 0.4) is 0 Å². The Hall–Kier alpha value is -0.340. The molecule has 0 aliphatic carbocycles. The van der Waals surface area contributed by atoms with E-state index in [0.29, 0.717) is 6.04 Å². The second-order valence-corrected chi connectivity index (χ2v) is 5.21. The van der Waals surface area contributed by atoms with Gasteiger partial charge in [0.2, 0.25) is 0 Å². The van der Waals surface area contributed by atoms with Crippen molar-refractivity contribution >= 4 is 0 Å². The first-order valence-corrected chi connectivity index (χ1v) is 5.95. The second kappa shape index (κ2) is 7.02. The molecule has 2 nitrogen and oxygen atoms in total. The van der Waals surface area contributed by atoms with Crippen molar-refractivity contribution in [2.75, 3.05) is 20.1 Å². The predicted molar refractivity (Wildman–Crippen MR) is 69.3 cm³/mol. The number of hydrogen-bond acceptors (Lipinski definition) is 2. The fourth-order valence-electron chi connectivity index (χ4n) is 1.98. The lowest BCUT2D eigenvalue weighted by Crippen LogP contribution is -2.47. The van der Waals surface area contributed by atoms with Gasteiger partial charge in [0.25, 0.3) is 0 Å². The summed E-state index contributed by atoms with van der Waals surface area (Å²) in [6.45, 7) is 15.0. The summed E-state index contributed by atoms with van der Waals surface area (Å²) in [5.41, 5.74) is 0.229. The lowest BCUT2D eigenvalue weighted by atomic mass is 10.0. The van der Waals surface area contributed by atoms with Crippen LogP contribution in [0.15, 0.2) is 12.7 Å². The van der Waals surface area contributed by atoms with E-state index in [0.717, 1.165) is 13.1 Å². The highest BCUT2D eigenvalue weighted by Crippen LogP contribution is 2.19. The Morgan fingerprint density at radius 2 is 2.00 bits per heavy atom. The molecule has 0 heterocycles. The summed E-state index contributed by atoms with van der Waals surface area (Å²) in [6.07, 6.45) is 4.48. The molecule has 0 bridgehead atoms. The molecule has 0 saturated carbocycles. The zero-order valence-corrected chi connectivity index (χ0v) is 11.1. The van der Waals surface area contributed by atoms with Crippen molar-refractivity contribution in [1.82, 2.24) is 10.2 Å². The summed E-state index contributed by atoms with van der Waals surface area (Å²) >= 11 is 0. The van der Waals surface area contributed by atoms with E-state index >= 15 is 0 Å². The van der Waals surface area contributed by atoms with E-state index in [1.54, 1.807) is 0 Å². The molecule has 2 heteroatoms. The third-order valence-electron chi connectivity index (χ3n) is 2.77. The molecule has 0 aromatic rings. The standard InChI is InChI=1S/C13H28N2/c1-7-11-15(13(3,4)5)12(2)9-8-10-14-6/h7,12,14H,1,8-11H2,2-6H3. The summed E-state index contributed by atoms with van der Waals surface area (Å²) in [5.74, 6) is 0. The van der Waals surface area contributed by atoms with Crippen molar-refractivity contribution in [2.24, 2.45) is 0 Å². The molecule has 0 radical (unpaired) electrons. The van der Waals surface area contributed by atoms with E-state index in [-0.39, 0.29) is 5.54 Å². The van der Waals surface area contributed by atoms with Crippen LogP contribution in [0.4, 0.5) is 0 Å². The maximum absolute atomic E-state index is 3.84. The summed E-state index contributed by atoms with van der Waals surface area (Å²) in [4.78, 5) is 2.51. The topological polar surface area (TPSA) is 15.3 Å². The Balaban J connectivity index is 4.16. The number of nitrogens with zero attached hydrogens (tertiary/aromatic N) is 1. The van der Waals surface area contributed by atoms with Crippen molar-refractivity contribution in [1.29, 1.82) is 0 Å². The molecule has 0 aromatic heterocycles. The normalized spacial score (nSPS) is 14.3. The van der Waals surface area contributed by atoms with Crippen LogP contribution in [0.1, 0.15) is 40.5 Å². The molecular weight excluding hydrogens is 184 g/mol. The molecule has 0 aliphatic heterocycles. The van der Waals surface area contributed by atoms with Crippen LogP contribution < -0.4 is 5.32 Å². The molecule has 90 valence electrons. The largest absolute Gasteiger partial charge is 0.320 e. The Bertz CT molecular complexity index is 170. The third-order valence-corrected chi connectivity index (χ3v) is 2.77. The van der Waals surface area contributed by atoms with Gasteiger partial charge in [-0.2, -0.15) is 0 Å². The zero-order valence-electron chi connectivity index (χ0n) is 11.1. The van der Waals surface area contributed by atoms with Gasteiger partial charge in [0.1, 0.15) is 0 Å². The maximum Gasteiger partial charge on any atom is 0.0168 e. The van der Waals surface area contributed by atoms with Gasteiger partial charge in [-0.1, -0.05) is 6.08 Å². The first-order chi connectivity index (χ1) is 6.93. The van der Waals surface area contributed by atoms with Crippen LogP contribution in [0, 0.1) is 0 Å². The molecule has 0 amide bonds. The lowest BCUT2D eigenvalue weighted by molar-refractivity contribution is 0.0997. The minimum atomic E-state index is 0.229. The van der Waals surface area contributed by atoms with Gasteiger partial charge in [0, 0.05) is 18.1 Å². The van der Waals surface area contributed by atoms with Crippen LogP contribution >= 0.6 is 0 Å². The molecule has 0 saturated heterocycles. The molecular formula is C13H28N2. The highest BCUT2D eigenvalue weighted by atomic mass is 15.2. The second-order valence-electron chi connectivity index (χ2n) is 5.21. The van der Waals surface area contributed by atoms with Crippen LogP contribution in [0.5, 0.6) is 0 Å². The minimum absolute atomic E-state index is 0.229. The first-order valence-electron chi connectivity index (χ1n) is 5.95. The van der Waals surface area contributed by atoms with Crippen LogP contribution in [-0.4, -0.2) is 36.6 Å². The Labute approximate surface area is 95.7 Å². The molecule has 0 aliphatic rings. The van der Waals surface area contributed by atoms with E-state index in [9.17, 15) is 0 Å². The van der Waals surface area contributed by atoms with E-state index in [1.165, 1.54) is 12.8 Å². The summed E-state index contributed by atoms with van der Waals surface area (Å²) in [7, 11) is 2.01. The van der Waals surface area contributed by atoms with E-state index in [1.807, 2.05) is 13.1 Å². The average Bonchev–Trinajstić information content (AvgIpc) is 2.12. The highest BCUT2D eigenvalue weighted by Gasteiger charge is 2.24.